The number of nitrogens with zero attached hydrogens (tertiary/aromatic N) is 2. The first-order chi connectivity index (χ1) is 11.5. The normalized spacial score (nSPS) is 10.4. The number of halogens is 3. The van der Waals surface area contributed by atoms with Crippen molar-refractivity contribution in [2.45, 2.75) is 0 Å². The first-order valence-corrected chi connectivity index (χ1v) is 7.69. The molecule has 0 aliphatic carbocycles. The summed E-state index contributed by atoms with van der Waals surface area (Å²) in [6.07, 6.45) is 0. The van der Waals surface area contributed by atoms with Gasteiger partial charge in [-0.05, 0) is 30.3 Å². The third kappa shape index (κ3) is 3.27. The van der Waals surface area contributed by atoms with Crippen molar-refractivity contribution in [3.63, 3.8) is 0 Å². The Bertz CT molecular complexity index is 976. The van der Waals surface area contributed by atoms with Crippen LogP contribution in [0.25, 0.3) is 10.2 Å². The monoisotopic (exact) mass is 364 g/mol. The van der Waals surface area contributed by atoms with Crippen LogP contribution in [-0.4, -0.2) is 11.0 Å². The van der Waals surface area contributed by atoms with Crippen LogP contribution in [0.1, 0.15) is 5.56 Å². The predicted octanol–water partition coefficient (Wildman–Crippen LogP) is 4.74. The highest BCUT2D eigenvalue weighted by molar-refractivity contribution is 7.22. The van der Waals surface area contributed by atoms with Crippen molar-refractivity contribution in [3.8, 4) is 6.07 Å². The Morgan fingerprint density at radius 3 is 2.58 bits per heavy atom. The minimum Gasteiger partial charge on any atom is -0.307 e. The van der Waals surface area contributed by atoms with Gasteiger partial charge in [0.25, 0.3) is 0 Å². The molecule has 3 aromatic rings. The summed E-state index contributed by atoms with van der Waals surface area (Å²) in [5.41, 5.74) is -0.162. The molecule has 0 bridgehead atoms. The van der Waals surface area contributed by atoms with Gasteiger partial charge in [-0.2, -0.15) is 5.26 Å². The van der Waals surface area contributed by atoms with E-state index >= 15 is 0 Å². The lowest BCUT2D eigenvalue weighted by molar-refractivity contribution is 0.262. The number of carbonyl (C=O) groups is 1. The zero-order chi connectivity index (χ0) is 17.3. The first kappa shape index (κ1) is 16.1. The zero-order valence-corrected chi connectivity index (χ0v) is 13.3. The van der Waals surface area contributed by atoms with E-state index in [4.69, 9.17) is 16.9 Å². The summed E-state index contributed by atoms with van der Waals surface area (Å²) in [5.74, 6) is -2.11. The summed E-state index contributed by atoms with van der Waals surface area (Å²) in [5, 5.41) is 14.2. The van der Waals surface area contributed by atoms with E-state index in [-0.39, 0.29) is 5.69 Å². The Kier molecular flexibility index (Phi) is 4.29. The maximum absolute atomic E-state index is 13.5. The van der Waals surface area contributed by atoms with Gasteiger partial charge in [-0.25, -0.2) is 18.6 Å². The molecule has 1 aromatic heterocycles. The second kappa shape index (κ2) is 6.39. The summed E-state index contributed by atoms with van der Waals surface area (Å²) in [6.45, 7) is 0. The number of aromatic nitrogens is 1. The number of nitrogens with one attached hydrogen (secondary N) is 2. The van der Waals surface area contributed by atoms with Crippen LogP contribution >= 0.6 is 22.9 Å². The van der Waals surface area contributed by atoms with Crippen LogP contribution in [0, 0.1) is 23.0 Å². The van der Waals surface area contributed by atoms with Gasteiger partial charge in [0.1, 0.15) is 23.3 Å². The van der Waals surface area contributed by atoms with Crippen molar-refractivity contribution in [1.29, 1.82) is 5.26 Å². The minimum atomic E-state index is -1.05. The number of thiazole rings is 1. The molecule has 120 valence electrons. The Hall–Kier alpha value is -2.76. The molecular formula is C15H7ClF2N4OS. The van der Waals surface area contributed by atoms with E-state index in [1.54, 1.807) is 18.2 Å². The number of rotatable bonds is 2. The van der Waals surface area contributed by atoms with Gasteiger partial charge in [-0.3, -0.25) is 5.32 Å². The van der Waals surface area contributed by atoms with E-state index in [1.165, 1.54) is 17.4 Å². The summed E-state index contributed by atoms with van der Waals surface area (Å²) in [6, 6.07) is 7.51. The summed E-state index contributed by atoms with van der Waals surface area (Å²) in [4.78, 5) is 16.1. The van der Waals surface area contributed by atoms with E-state index in [0.29, 0.717) is 15.7 Å². The van der Waals surface area contributed by atoms with Gasteiger partial charge in [0.05, 0.1) is 10.2 Å². The molecule has 0 aliphatic rings. The number of fused-ring (bicyclic) bond motifs is 1. The van der Waals surface area contributed by atoms with Gasteiger partial charge in [0.2, 0.25) is 0 Å². The fourth-order valence-electron chi connectivity index (χ4n) is 1.96. The Balaban J connectivity index is 1.76. The number of anilines is 2. The second-order valence-electron chi connectivity index (χ2n) is 4.64. The van der Waals surface area contributed by atoms with Crippen LogP contribution < -0.4 is 10.6 Å². The van der Waals surface area contributed by atoms with E-state index in [0.717, 1.165) is 16.8 Å². The van der Waals surface area contributed by atoms with E-state index in [2.05, 4.69) is 15.6 Å². The number of urea groups is 1. The van der Waals surface area contributed by atoms with Gasteiger partial charge >= 0.3 is 6.03 Å². The number of amides is 2. The van der Waals surface area contributed by atoms with Crippen molar-refractivity contribution in [1.82, 2.24) is 4.98 Å². The van der Waals surface area contributed by atoms with E-state index in [9.17, 15) is 13.6 Å². The van der Waals surface area contributed by atoms with Gasteiger partial charge in [-0.1, -0.05) is 22.9 Å². The number of carbonyl (C=O) groups excluding carboxylic acids is 1. The Morgan fingerprint density at radius 2 is 1.92 bits per heavy atom. The van der Waals surface area contributed by atoms with Crippen LogP contribution in [0.4, 0.5) is 24.4 Å². The number of hydrogen-bond donors (Lipinski definition) is 2. The molecular weight excluding hydrogens is 358 g/mol. The van der Waals surface area contributed by atoms with Crippen LogP contribution in [0.3, 0.4) is 0 Å². The molecule has 2 aromatic carbocycles. The second-order valence-corrected chi connectivity index (χ2v) is 6.10. The molecule has 3 rings (SSSR count). The average molecular weight is 365 g/mol. The fraction of sp³-hybridized carbons (Fsp3) is 0. The highest BCUT2D eigenvalue weighted by Gasteiger charge is 2.13. The largest absolute Gasteiger partial charge is 0.325 e. The number of benzene rings is 2. The number of nitriles is 1. The van der Waals surface area contributed by atoms with Crippen molar-refractivity contribution in [2.24, 2.45) is 0 Å². The van der Waals surface area contributed by atoms with Gasteiger partial charge in [0, 0.05) is 10.7 Å². The standard InChI is InChI=1S/C15H7ClF2N4OS/c16-7-1-2-12-13(3-7)24-15(21-12)22-14(23)20-8-4-10(17)9(6-19)11(18)5-8/h1-5H,(H2,20,21,22,23). The van der Waals surface area contributed by atoms with Crippen molar-refractivity contribution in [2.75, 3.05) is 10.6 Å². The predicted molar refractivity (Wildman–Crippen MR) is 88.3 cm³/mol. The third-order valence-electron chi connectivity index (χ3n) is 2.98. The van der Waals surface area contributed by atoms with Crippen LogP contribution in [0.15, 0.2) is 30.3 Å². The molecule has 0 fully saturated rings. The lowest BCUT2D eigenvalue weighted by atomic mass is 10.2. The van der Waals surface area contributed by atoms with Crippen molar-refractivity contribution < 1.29 is 13.6 Å². The fourth-order valence-corrected chi connectivity index (χ4v) is 3.10. The molecule has 0 unspecified atom stereocenters. The molecule has 0 radical (unpaired) electrons. The zero-order valence-electron chi connectivity index (χ0n) is 11.7. The molecule has 0 atom stereocenters. The summed E-state index contributed by atoms with van der Waals surface area (Å²) < 4.78 is 27.8. The smallest absolute Gasteiger partial charge is 0.307 e. The van der Waals surface area contributed by atoms with Crippen molar-refractivity contribution >= 4 is 50.0 Å². The molecule has 2 amide bonds. The average Bonchev–Trinajstić information content (AvgIpc) is 2.87. The topological polar surface area (TPSA) is 77.8 Å². The molecule has 0 saturated heterocycles. The highest BCUT2D eigenvalue weighted by atomic mass is 35.5. The Labute approximate surface area is 143 Å². The van der Waals surface area contributed by atoms with E-state index in [1.807, 2.05) is 0 Å². The Morgan fingerprint density at radius 1 is 1.21 bits per heavy atom. The molecule has 0 aliphatic heterocycles. The molecule has 0 spiro atoms. The van der Waals surface area contributed by atoms with Crippen LogP contribution in [0.5, 0.6) is 0 Å². The quantitative estimate of drug-likeness (QED) is 0.689. The lowest BCUT2D eigenvalue weighted by Gasteiger charge is -2.06. The molecule has 5 nitrogen and oxygen atoms in total. The molecule has 1 heterocycles. The maximum Gasteiger partial charge on any atom is 0.325 e. The van der Waals surface area contributed by atoms with Gasteiger partial charge in [0.15, 0.2) is 5.13 Å². The molecule has 9 heteroatoms. The third-order valence-corrected chi connectivity index (χ3v) is 4.15. The highest BCUT2D eigenvalue weighted by Crippen LogP contribution is 2.28. The SMILES string of the molecule is N#Cc1c(F)cc(NC(=O)Nc2nc3ccc(Cl)cc3s2)cc1F. The molecule has 24 heavy (non-hydrogen) atoms. The van der Waals surface area contributed by atoms with Crippen LogP contribution in [-0.2, 0) is 0 Å². The van der Waals surface area contributed by atoms with Crippen molar-refractivity contribution in [3.05, 3.63) is 52.6 Å². The minimum absolute atomic E-state index is 0.120. The summed E-state index contributed by atoms with van der Waals surface area (Å²) >= 11 is 7.08. The van der Waals surface area contributed by atoms with Gasteiger partial charge in [-0.15, -0.1) is 0 Å². The van der Waals surface area contributed by atoms with Crippen LogP contribution in [0.2, 0.25) is 5.02 Å². The van der Waals surface area contributed by atoms with E-state index < -0.39 is 23.2 Å². The maximum atomic E-state index is 13.5. The number of hydrogen-bond acceptors (Lipinski definition) is 4. The lowest BCUT2D eigenvalue weighted by Crippen LogP contribution is -2.19. The molecule has 0 saturated carbocycles. The van der Waals surface area contributed by atoms with Gasteiger partial charge < -0.3 is 5.32 Å². The summed E-state index contributed by atoms with van der Waals surface area (Å²) in [7, 11) is 0. The first-order valence-electron chi connectivity index (χ1n) is 6.49. The molecule has 2 N–H and O–H groups in total.